The van der Waals surface area contributed by atoms with Crippen LogP contribution in [-0.2, 0) is 0 Å². The average Bonchev–Trinajstić information content (AvgIpc) is 2.71. The lowest BCUT2D eigenvalue weighted by atomic mass is 10.2. The molecule has 0 bridgehead atoms. The highest BCUT2D eigenvalue weighted by Crippen LogP contribution is 2.28. The van der Waals surface area contributed by atoms with Crippen LogP contribution in [0, 0.1) is 13.8 Å². The number of thiazole rings is 1. The molecule has 0 amide bonds. The van der Waals surface area contributed by atoms with Gasteiger partial charge in [0.2, 0.25) is 11.8 Å². The summed E-state index contributed by atoms with van der Waals surface area (Å²) >= 11 is 5.02. The van der Waals surface area contributed by atoms with Gasteiger partial charge in [0.25, 0.3) is 0 Å². The van der Waals surface area contributed by atoms with Crippen LogP contribution in [0.25, 0.3) is 0 Å². The van der Waals surface area contributed by atoms with Crippen LogP contribution in [-0.4, -0.2) is 22.1 Å². The second kappa shape index (κ2) is 5.83. The van der Waals surface area contributed by atoms with Gasteiger partial charge in [-0.15, -0.1) is 11.3 Å². The minimum atomic E-state index is 0.108. The first kappa shape index (κ1) is 14.2. The van der Waals surface area contributed by atoms with E-state index in [4.69, 9.17) is 4.74 Å². The molecule has 0 fully saturated rings. The van der Waals surface area contributed by atoms with E-state index in [1.54, 1.807) is 24.6 Å². The quantitative estimate of drug-likeness (QED) is 0.921. The highest BCUT2D eigenvalue weighted by atomic mass is 79.9. The molecule has 1 N–H and O–H groups in total. The normalized spacial score (nSPS) is 12.3. The van der Waals surface area contributed by atoms with Crippen LogP contribution in [0.5, 0.6) is 5.88 Å². The van der Waals surface area contributed by atoms with E-state index in [9.17, 15) is 0 Å². The van der Waals surface area contributed by atoms with E-state index in [0.717, 1.165) is 15.2 Å². The van der Waals surface area contributed by atoms with Gasteiger partial charge in [0.15, 0.2) is 0 Å². The lowest BCUT2D eigenvalue weighted by Crippen LogP contribution is -2.09. The molecule has 1 unspecified atom stereocenters. The van der Waals surface area contributed by atoms with Gasteiger partial charge in [-0.25, -0.2) is 9.97 Å². The number of aromatic nitrogens is 3. The van der Waals surface area contributed by atoms with Crippen molar-refractivity contribution in [2.24, 2.45) is 0 Å². The molecule has 0 aliphatic heterocycles. The Labute approximate surface area is 124 Å². The van der Waals surface area contributed by atoms with Crippen LogP contribution < -0.4 is 10.1 Å². The summed E-state index contributed by atoms with van der Waals surface area (Å²) in [5.41, 5.74) is 1.05. The number of hydrogen-bond donors (Lipinski definition) is 1. The zero-order valence-corrected chi connectivity index (χ0v) is 13.6. The highest BCUT2D eigenvalue weighted by molar-refractivity contribution is 9.10. The standard InChI is InChI=1S/C12H15BrN4OS/c1-6-10(19-8(3)15-6)7(2)16-12-14-5-9(13)11(17-12)18-4/h5,7H,1-4H3,(H,14,16,17). The molecule has 0 saturated heterocycles. The second-order valence-electron chi connectivity index (χ2n) is 4.10. The lowest BCUT2D eigenvalue weighted by Gasteiger charge is -2.13. The predicted octanol–water partition coefficient (Wildman–Crippen LogP) is 3.49. The Morgan fingerprint density at radius 2 is 2.11 bits per heavy atom. The number of nitrogens with one attached hydrogen (secondary N) is 1. The molecule has 0 saturated carbocycles. The molecular formula is C12H15BrN4OS. The summed E-state index contributed by atoms with van der Waals surface area (Å²) < 4.78 is 5.89. The summed E-state index contributed by atoms with van der Waals surface area (Å²) in [5, 5.41) is 4.33. The maximum absolute atomic E-state index is 5.15. The van der Waals surface area contributed by atoms with Gasteiger partial charge < -0.3 is 10.1 Å². The van der Waals surface area contributed by atoms with Gasteiger partial charge in [0.1, 0.15) is 0 Å². The SMILES string of the molecule is COc1nc(NC(C)c2sc(C)nc2C)ncc1Br. The van der Waals surface area contributed by atoms with Gasteiger partial charge in [-0.05, 0) is 36.7 Å². The molecule has 0 spiro atoms. The van der Waals surface area contributed by atoms with Crippen LogP contribution in [0.1, 0.15) is 28.5 Å². The van der Waals surface area contributed by atoms with Crippen molar-refractivity contribution in [2.45, 2.75) is 26.8 Å². The summed E-state index contributed by atoms with van der Waals surface area (Å²) in [5.74, 6) is 1.06. The minimum absolute atomic E-state index is 0.108. The molecule has 0 aliphatic carbocycles. The smallest absolute Gasteiger partial charge is 0.232 e. The zero-order chi connectivity index (χ0) is 14.0. The molecule has 0 aliphatic rings. The first-order valence-electron chi connectivity index (χ1n) is 5.78. The van der Waals surface area contributed by atoms with Gasteiger partial charge in [-0.1, -0.05) is 0 Å². The van der Waals surface area contributed by atoms with Gasteiger partial charge in [-0.2, -0.15) is 4.98 Å². The molecule has 0 aromatic carbocycles. The number of rotatable bonds is 4. The molecule has 2 rings (SSSR count). The number of anilines is 1. The van der Waals surface area contributed by atoms with Crippen molar-refractivity contribution >= 4 is 33.2 Å². The molecule has 1 atom stereocenters. The molecule has 5 nitrogen and oxygen atoms in total. The fraction of sp³-hybridized carbons (Fsp3) is 0.417. The Morgan fingerprint density at radius 3 is 2.68 bits per heavy atom. The third-order valence-corrected chi connectivity index (χ3v) is 4.38. The van der Waals surface area contributed by atoms with E-state index >= 15 is 0 Å². The fourth-order valence-corrected chi connectivity index (χ4v) is 3.05. The average molecular weight is 343 g/mol. The van der Waals surface area contributed by atoms with Crippen molar-refractivity contribution in [3.63, 3.8) is 0 Å². The number of methoxy groups -OCH3 is 1. The molecule has 7 heteroatoms. The van der Waals surface area contributed by atoms with Crippen LogP contribution in [0.2, 0.25) is 0 Å². The Bertz CT molecular complexity index is 587. The van der Waals surface area contributed by atoms with E-state index in [0.29, 0.717) is 11.8 Å². The van der Waals surface area contributed by atoms with Gasteiger partial charge in [-0.3, -0.25) is 0 Å². The first-order chi connectivity index (χ1) is 9.01. The van der Waals surface area contributed by atoms with E-state index in [-0.39, 0.29) is 6.04 Å². The number of nitrogens with zero attached hydrogens (tertiary/aromatic N) is 3. The topological polar surface area (TPSA) is 59.9 Å². The molecular weight excluding hydrogens is 328 g/mol. The van der Waals surface area contributed by atoms with Crippen LogP contribution >= 0.6 is 27.3 Å². The summed E-state index contributed by atoms with van der Waals surface area (Å²) in [4.78, 5) is 14.1. The minimum Gasteiger partial charge on any atom is -0.480 e. The summed E-state index contributed by atoms with van der Waals surface area (Å²) in [7, 11) is 1.58. The molecule has 102 valence electrons. The zero-order valence-electron chi connectivity index (χ0n) is 11.2. The van der Waals surface area contributed by atoms with Gasteiger partial charge >= 0.3 is 0 Å². The third kappa shape index (κ3) is 3.22. The van der Waals surface area contributed by atoms with E-state index < -0.39 is 0 Å². The highest BCUT2D eigenvalue weighted by Gasteiger charge is 2.14. The second-order valence-corrected chi connectivity index (χ2v) is 6.19. The molecule has 2 aromatic heterocycles. The number of halogens is 1. The van der Waals surface area contributed by atoms with Crippen molar-refractivity contribution in [1.29, 1.82) is 0 Å². The number of ether oxygens (including phenoxy) is 1. The predicted molar refractivity (Wildman–Crippen MR) is 79.9 cm³/mol. The first-order valence-corrected chi connectivity index (χ1v) is 7.39. The monoisotopic (exact) mass is 342 g/mol. The fourth-order valence-electron chi connectivity index (χ4n) is 1.77. The molecule has 0 radical (unpaired) electrons. The molecule has 2 aromatic rings. The van der Waals surface area contributed by atoms with E-state index in [2.05, 4.69) is 43.1 Å². The Morgan fingerprint density at radius 1 is 1.37 bits per heavy atom. The number of aryl methyl sites for hydroxylation is 2. The summed E-state index contributed by atoms with van der Waals surface area (Å²) in [6, 6.07) is 0.108. The van der Waals surface area contributed by atoms with E-state index in [1.807, 2.05) is 13.8 Å². The Kier molecular flexibility index (Phi) is 4.36. The van der Waals surface area contributed by atoms with Crippen molar-refractivity contribution in [2.75, 3.05) is 12.4 Å². The van der Waals surface area contributed by atoms with Crippen LogP contribution in [0.3, 0.4) is 0 Å². The van der Waals surface area contributed by atoms with Crippen LogP contribution in [0.15, 0.2) is 10.7 Å². The molecule has 19 heavy (non-hydrogen) atoms. The maximum atomic E-state index is 5.15. The lowest BCUT2D eigenvalue weighted by molar-refractivity contribution is 0.394. The van der Waals surface area contributed by atoms with Crippen LogP contribution in [0.4, 0.5) is 5.95 Å². The summed E-state index contributed by atoms with van der Waals surface area (Å²) in [6.45, 7) is 6.09. The number of hydrogen-bond acceptors (Lipinski definition) is 6. The van der Waals surface area contributed by atoms with Crippen molar-refractivity contribution in [3.05, 3.63) is 26.2 Å². The van der Waals surface area contributed by atoms with E-state index in [1.165, 1.54) is 4.88 Å². The van der Waals surface area contributed by atoms with Crippen molar-refractivity contribution in [3.8, 4) is 5.88 Å². The maximum Gasteiger partial charge on any atom is 0.232 e. The van der Waals surface area contributed by atoms with Crippen molar-refractivity contribution in [1.82, 2.24) is 15.0 Å². The Balaban J connectivity index is 2.19. The third-order valence-electron chi connectivity index (χ3n) is 2.58. The van der Waals surface area contributed by atoms with Gasteiger partial charge in [0, 0.05) is 4.88 Å². The van der Waals surface area contributed by atoms with Crippen molar-refractivity contribution < 1.29 is 4.74 Å². The van der Waals surface area contributed by atoms with Gasteiger partial charge in [0.05, 0.1) is 34.5 Å². The molecule has 2 heterocycles. The Hall–Kier alpha value is -1.21. The summed E-state index contributed by atoms with van der Waals surface area (Å²) in [6.07, 6.45) is 1.67. The largest absolute Gasteiger partial charge is 0.480 e.